The molecule has 3 rings (SSSR count). The number of fused-ring (bicyclic) bond motifs is 1. The van der Waals surface area contributed by atoms with Crippen molar-refractivity contribution in [3.63, 3.8) is 0 Å². The molecule has 2 heterocycles. The molecule has 1 aromatic heterocycles. The quantitative estimate of drug-likeness (QED) is 0.855. The number of nitrogens with one attached hydrogen (secondary N) is 1. The van der Waals surface area contributed by atoms with Crippen molar-refractivity contribution in [2.24, 2.45) is 0 Å². The highest BCUT2D eigenvalue weighted by Gasteiger charge is 2.27. The molecule has 16 heavy (non-hydrogen) atoms. The van der Waals surface area contributed by atoms with Crippen molar-refractivity contribution in [3.8, 4) is 0 Å². The molecule has 0 bridgehead atoms. The smallest absolute Gasteiger partial charge is 0.139 e. The molecule has 0 saturated heterocycles. The zero-order valence-corrected chi connectivity index (χ0v) is 11.3. The summed E-state index contributed by atoms with van der Waals surface area (Å²) in [4.78, 5) is 0. The van der Waals surface area contributed by atoms with Crippen molar-refractivity contribution in [3.05, 3.63) is 10.2 Å². The van der Waals surface area contributed by atoms with E-state index in [0.29, 0.717) is 12.0 Å². The molecule has 1 aromatic rings. The molecule has 1 aliphatic heterocycles. The summed E-state index contributed by atoms with van der Waals surface area (Å²) in [5.74, 6) is 1.88. The molecule has 1 atom stereocenters. The zero-order chi connectivity index (χ0) is 11.1. The molecule has 0 radical (unpaired) electrons. The molecule has 0 spiro atoms. The van der Waals surface area contributed by atoms with Gasteiger partial charge in [-0.25, -0.2) is 4.68 Å². The monoisotopic (exact) mass is 283 g/mol. The Bertz CT molecular complexity index is 393. The Labute approximate surface area is 105 Å². The third-order valence-electron chi connectivity index (χ3n) is 3.82. The van der Waals surface area contributed by atoms with E-state index in [9.17, 15) is 0 Å². The van der Waals surface area contributed by atoms with Crippen molar-refractivity contribution in [2.45, 2.75) is 57.5 Å². The summed E-state index contributed by atoms with van der Waals surface area (Å²) in [5.41, 5.74) is 1.29. The van der Waals surface area contributed by atoms with E-state index < -0.39 is 0 Å². The maximum Gasteiger partial charge on any atom is 0.139 e. The highest BCUT2D eigenvalue weighted by Crippen LogP contribution is 2.40. The predicted octanol–water partition coefficient (Wildman–Crippen LogP) is 3.51. The van der Waals surface area contributed by atoms with E-state index in [4.69, 9.17) is 5.10 Å². The van der Waals surface area contributed by atoms with E-state index in [0.717, 1.165) is 6.54 Å². The van der Waals surface area contributed by atoms with Gasteiger partial charge in [-0.05, 0) is 42.1 Å². The maximum atomic E-state index is 4.77. The van der Waals surface area contributed by atoms with E-state index in [-0.39, 0.29) is 0 Å². The lowest BCUT2D eigenvalue weighted by atomic mass is 10.0. The first-order chi connectivity index (χ1) is 7.75. The van der Waals surface area contributed by atoms with Gasteiger partial charge in [0.05, 0.1) is 10.2 Å². The van der Waals surface area contributed by atoms with Crippen molar-refractivity contribution in [1.82, 2.24) is 9.78 Å². The SMILES string of the molecule is CC1CCn2nc(C3CCCC3)c(Br)c2N1. The molecule has 1 N–H and O–H groups in total. The van der Waals surface area contributed by atoms with Crippen LogP contribution in [0.25, 0.3) is 0 Å². The van der Waals surface area contributed by atoms with Crippen LogP contribution >= 0.6 is 15.9 Å². The third kappa shape index (κ3) is 1.67. The van der Waals surface area contributed by atoms with Gasteiger partial charge < -0.3 is 5.32 Å². The molecule has 1 saturated carbocycles. The molecule has 2 aliphatic rings. The van der Waals surface area contributed by atoms with Gasteiger partial charge in [-0.15, -0.1) is 0 Å². The summed E-state index contributed by atoms with van der Waals surface area (Å²) in [6.07, 6.45) is 6.52. The average Bonchev–Trinajstić information content (AvgIpc) is 2.87. The number of anilines is 1. The topological polar surface area (TPSA) is 29.9 Å². The van der Waals surface area contributed by atoms with Gasteiger partial charge in [0.25, 0.3) is 0 Å². The number of hydrogen-bond acceptors (Lipinski definition) is 2. The summed E-state index contributed by atoms with van der Waals surface area (Å²) in [6.45, 7) is 3.28. The highest BCUT2D eigenvalue weighted by molar-refractivity contribution is 9.10. The number of aryl methyl sites for hydroxylation is 1. The molecule has 4 heteroatoms. The van der Waals surface area contributed by atoms with E-state index in [1.165, 1.54) is 48.1 Å². The van der Waals surface area contributed by atoms with Gasteiger partial charge in [-0.3, -0.25) is 0 Å². The Morgan fingerprint density at radius 2 is 2.06 bits per heavy atom. The lowest BCUT2D eigenvalue weighted by Gasteiger charge is -2.22. The molecular formula is C12H18BrN3. The number of hydrogen-bond donors (Lipinski definition) is 1. The van der Waals surface area contributed by atoms with Crippen LogP contribution in [0.2, 0.25) is 0 Å². The Morgan fingerprint density at radius 3 is 2.81 bits per heavy atom. The Kier molecular flexibility index (Phi) is 2.70. The van der Waals surface area contributed by atoms with Gasteiger partial charge in [0.15, 0.2) is 0 Å². The average molecular weight is 284 g/mol. The fraction of sp³-hybridized carbons (Fsp3) is 0.750. The summed E-state index contributed by atoms with van der Waals surface area (Å²) in [5, 5.41) is 8.30. The second-order valence-corrected chi connectivity index (χ2v) is 5.88. The van der Waals surface area contributed by atoms with Crippen LogP contribution in [0.4, 0.5) is 5.82 Å². The van der Waals surface area contributed by atoms with Crippen LogP contribution in [0.3, 0.4) is 0 Å². The predicted molar refractivity (Wildman–Crippen MR) is 68.8 cm³/mol. The summed E-state index contributed by atoms with van der Waals surface area (Å²) in [6, 6.07) is 0.567. The van der Waals surface area contributed by atoms with Gasteiger partial charge in [-0.1, -0.05) is 12.8 Å². The second-order valence-electron chi connectivity index (χ2n) is 5.09. The first-order valence-electron chi connectivity index (χ1n) is 6.28. The van der Waals surface area contributed by atoms with Crippen LogP contribution < -0.4 is 5.32 Å². The van der Waals surface area contributed by atoms with Crippen molar-refractivity contribution >= 4 is 21.7 Å². The minimum Gasteiger partial charge on any atom is -0.367 e. The van der Waals surface area contributed by atoms with Crippen LogP contribution in [0, 0.1) is 0 Å². The zero-order valence-electron chi connectivity index (χ0n) is 9.67. The highest BCUT2D eigenvalue weighted by atomic mass is 79.9. The lowest BCUT2D eigenvalue weighted by molar-refractivity contribution is 0.503. The Morgan fingerprint density at radius 1 is 1.31 bits per heavy atom. The number of nitrogens with zero attached hydrogens (tertiary/aromatic N) is 2. The fourth-order valence-electron chi connectivity index (χ4n) is 2.84. The normalized spacial score (nSPS) is 25.5. The van der Waals surface area contributed by atoms with Crippen molar-refractivity contribution in [1.29, 1.82) is 0 Å². The van der Waals surface area contributed by atoms with Gasteiger partial charge in [0.1, 0.15) is 5.82 Å². The molecular weight excluding hydrogens is 266 g/mol. The molecule has 0 aromatic carbocycles. The molecule has 1 aliphatic carbocycles. The lowest BCUT2D eigenvalue weighted by Crippen LogP contribution is -2.26. The standard InChI is InChI=1S/C12H18BrN3/c1-8-6-7-16-12(14-8)10(13)11(15-16)9-4-2-3-5-9/h8-9,14H,2-7H2,1H3. The minimum absolute atomic E-state index is 0.567. The van der Waals surface area contributed by atoms with E-state index in [1.54, 1.807) is 0 Å². The number of halogens is 1. The van der Waals surface area contributed by atoms with Crippen LogP contribution in [-0.4, -0.2) is 15.8 Å². The van der Waals surface area contributed by atoms with Crippen LogP contribution in [0.5, 0.6) is 0 Å². The first kappa shape index (κ1) is 10.6. The molecule has 1 fully saturated rings. The fourth-order valence-corrected chi connectivity index (χ4v) is 3.56. The van der Waals surface area contributed by atoms with E-state index in [2.05, 4.69) is 32.9 Å². The van der Waals surface area contributed by atoms with Crippen LogP contribution in [0.1, 0.15) is 50.6 Å². The molecule has 1 unspecified atom stereocenters. The molecule has 3 nitrogen and oxygen atoms in total. The molecule has 0 amide bonds. The second kappa shape index (κ2) is 4.06. The van der Waals surface area contributed by atoms with Crippen LogP contribution in [-0.2, 0) is 6.54 Å². The summed E-state index contributed by atoms with van der Waals surface area (Å²) in [7, 11) is 0. The number of aromatic nitrogens is 2. The van der Waals surface area contributed by atoms with Crippen LogP contribution in [0.15, 0.2) is 4.47 Å². The summed E-state index contributed by atoms with van der Waals surface area (Å²) >= 11 is 3.73. The van der Waals surface area contributed by atoms with Gasteiger partial charge in [0, 0.05) is 18.5 Å². The maximum absolute atomic E-state index is 4.77. The minimum atomic E-state index is 0.567. The van der Waals surface area contributed by atoms with Gasteiger partial charge >= 0.3 is 0 Å². The third-order valence-corrected chi connectivity index (χ3v) is 4.60. The first-order valence-corrected chi connectivity index (χ1v) is 7.07. The van der Waals surface area contributed by atoms with Gasteiger partial charge in [0.2, 0.25) is 0 Å². The van der Waals surface area contributed by atoms with Crippen molar-refractivity contribution < 1.29 is 0 Å². The summed E-state index contributed by atoms with van der Waals surface area (Å²) < 4.78 is 3.35. The molecule has 88 valence electrons. The Hall–Kier alpha value is -0.510. The Balaban J connectivity index is 1.95. The van der Waals surface area contributed by atoms with E-state index >= 15 is 0 Å². The van der Waals surface area contributed by atoms with Gasteiger partial charge in [-0.2, -0.15) is 5.10 Å². The number of rotatable bonds is 1. The van der Waals surface area contributed by atoms with E-state index in [1.807, 2.05) is 0 Å². The van der Waals surface area contributed by atoms with Crippen molar-refractivity contribution in [2.75, 3.05) is 5.32 Å². The largest absolute Gasteiger partial charge is 0.367 e.